The van der Waals surface area contributed by atoms with Gasteiger partial charge in [-0.05, 0) is 25.5 Å². The van der Waals surface area contributed by atoms with Gasteiger partial charge in [0.2, 0.25) is 0 Å². The van der Waals surface area contributed by atoms with Crippen molar-refractivity contribution in [2.45, 2.75) is 51.3 Å². The topological polar surface area (TPSA) is 54.4 Å². The molecule has 4 heteroatoms. The predicted octanol–water partition coefficient (Wildman–Crippen LogP) is 3.83. The van der Waals surface area contributed by atoms with Crippen molar-refractivity contribution in [2.24, 2.45) is 0 Å². The van der Waals surface area contributed by atoms with Crippen molar-refractivity contribution in [1.82, 2.24) is 0 Å². The summed E-state index contributed by atoms with van der Waals surface area (Å²) >= 11 is 0. The molecule has 3 nitrogen and oxygen atoms in total. The Morgan fingerprint density at radius 3 is 2.11 bits per heavy atom. The first-order chi connectivity index (χ1) is 8.91. The van der Waals surface area contributed by atoms with E-state index < -0.39 is 10.1 Å². The molecule has 1 N–H and O–H groups in total. The third-order valence-electron chi connectivity index (χ3n) is 2.28. The number of rotatable bonds is 3. The lowest BCUT2D eigenvalue weighted by Crippen LogP contribution is -1.96. The molecule has 0 aliphatic carbocycles. The normalized spacial score (nSPS) is 9.89. The van der Waals surface area contributed by atoms with Gasteiger partial charge in [0.25, 0.3) is 10.1 Å². The third-order valence-corrected chi connectivity index (χ3v) is 3.14. The molecule has 19 heavy (non-hydrogen) atoms. The molecule has 0 heterocycles. The van der Waals surface area contributed by atoms with E-state index in [1.54, 1.807) is 12.1 Å². The predicted molar refractivity (Wildman–Crippen MR) is 78.6 cm³/mol. The van der Waals surface area contributed by atoms with Crippen LogP contribution in [0.2, 0.25) is 0 Å². The molecule has 0 saturated heterocycles. The van der Waals surface area contributed by atoms with Gasteiger partial charge in [0.15, 0.2) is 0 Å². The van der Waals surface area contributed by atoms with E-state index in [-0.39, 0.29) is 4.90 Å². The Kier molecular flexibility index (Phi) is 8.94. The van der Waals surface area contributed by atoms with Crippen LogP contribution < -0.4 is 0 Å². The van der Waals surface area contributed by atoms with Gasteiger partial charge in [0.05, 0.1) is 4.90 Å². The summed E-state index contributed by atoms with van der Waals surface area (Å²) in [5.74, 6) is 6.12. The number of hydrogen-bond donors (Lipinski definition) is 1. The zero-order valence-corrected chi connectivity index (χ0v) is 12.6. The maximum Gasteiger partial charge on any atom is 0.294 e. The van der Waals surface area contributed by atoms with E-state index in [2.05, 4.69) is 25.7 Å². The van der Waals surface area contributed by atoms with E-state index in [1.807, 2.05) is 6.92 Å². The van der Waals surface area contributed by atoms with E-state index >= 15 is 0 Å². The minimum Gasteiger partial charge on any atom is -0.282 e. The van der Waals surface area contributed by atoms with Gasteiger partial charge in [-0.2, -0.15) is 8.42 Å². The Labute approximate surface area is 116 Å². The summed E-state index contributed by atoms with van der Waals surface area (Å²) in [5.41, 5.74) is 0.956. The van der Waals surface area contributed by atoms with Gasteiger partial charge in [-0.3, -0.25) is 4.55 Å². The summed E-state index contributed by atoms with van der Waals surface area (Å²) in [6.07, 6.45) is 4.61. The first kappa shape index (κ1) is 17.7. The first-order valence-electron chi connectivity index (χ1n) is 6.41. The molecule has 0 aliphatic heterocycles. The Balaban J connectivity index is 0.000000362. The van der Waals surface area contributed by atoms with Crippen LogP contribution in [0.25, 0.3) is 0 Å². The molecule has 1 rings (SSSR count). The van der Waals surface area contributed by atoms with E-state index in [0.717, 1.165) is 18.4 Å². The molecule has 0 saturated carbocycles. The van der Waals surface area contributed by atoms with Gasteiger partial charge in [0, 0.05) is 12.8 Å². The Morgan fingerprint density at radius 2 is 1.68 bits per heavy atom. The molecule has 0 aliphatic rings. The highest BCUT2D eigenvalue weighted by molar-refractivity contribution is 7.85. The Morgan fingerprint density at radius 1 is 1.11 bits per heavy atom. The SMILES string of the molecule is CCC#CCCCC.Cc1ccc(S(=O)(=O)O)cc1. The standard InChI is InChI=1S/C8H14.C7H8O3S/c1-3-5-7-8-6-4-2;1-6-2-4-7(5-3-6)11(8,9)10/h3-5,7H2,1-2H3;2-5H,1H3,(H,8,9,10). The van der Waals surface area contributed by atoms with Gasteiger partial charge in [-0.15, -0.1) is 11.8 Å². The van der Waals surface area contributed by atoms with E-state index in [1.165, 1.54) is 25.0 Å². The van der Waals surface area contributed by atoms with Crippen LogP contribution in [-0.2, 0) is 10.1 Å². The first-order valence-corrected chi connectivity index (χ1v) is 7.85. The van der Waals surface area contributed by atoms with Crippen LogP contribution in [-0.4, -0.2) is 13.0 Å². The second kappa shape index (κ2) is 9.60. The van der Waals surface area contributed by atoms with Gasteiger partial charge < -0.3 is 0 Å². The molecule has 0 atom stereocenters. The highest BCUT2D eigenvalue weighted by Crippen LogP contribution is 2.08. The van der Waals surface area contributed by atoms with Gasteiger partial charge in [-0.25, -0.2) is 0 Å². The third kappa shape index (κ3) is 9.29. The van der Waals surface area contributed by atoms with Crippen molar-refractivity contribution in [3.63, 3.8) is 0 Å². The Hall–Kier alpha value is -1.31. The molecular weight excluding hydrogens is 260 g/mol. The lowest BCUT2D eigenvalue weighted by atomic mass is 10.2. The van der Waals surface area contributed by atoms with Crippen molar-refractivity contribution in [3.8, 4) is 11.8 Å². The maximum absolute atomic E-state index is 10.5. The molecule has 0 radical (unpaired) electrons. The fraction of sp³-hybridized carbons (Fsp3) is 0.467. The lowest BCUT2D eigenvalue weighted by Gasteiger charge is -1.95. The smallest absolute Gasteiger partial charge is 0.282 e. The van der Waals surface area contributed by atoms with Gasteiger partial charge in [0.1, 0.15) is 0 Å². The van der Waals surface area contributed by atoms with Crippen molar-refractivity contribution in [2.75, 3.05) is 0 Å². The highest BCUT2D eigenvalue weighted by Gasteiger charge is 2.06. The average Bonchev–Trinajstić information content (AvgIpc) is 2.35. The monoisotopic (exact) mass is 282 g/mol. The summed E-state index contributed by atoms with van der Waals surface area (Å²) < 4.78 is 29.6. The summed E-state index contributed by atoms with van der Waals surface area (Å²) in [4.78, 5) is -0.0666. The molecule has 1 aromatic rings. The van der Waals surface area contributed by atoms with E-state index in [0.29, 0.717) is 0 Å². The van der Waals surface area contributed by atoms with Crippen LogP contribution in [0.5, 0.6) is 0 Å². The van der Waals surface area contributed by atoms with Crippen molar-refractivity contribution >= 4 is 10.1 Å². The van der Waals surface area contributed by atoms with Crippen LogP contribution in [0.4, 0.5) is 0 Å². The maximum atomic E-state index is 10.5. The van der Waals surface area contributed by atoms with Crippen LogP contribution in [0.3, 0.4) is 0 Å². The van der Waals surface area contributed by atoms with E-state index in [4.69, 9.17) is 4.55 Å². The second-order valence-corrected chi connectivity index (χ2v) is 5.52. The van der Waals surface area contributed by atoms with Crippen molar-refractivity contribution in [1.29, 1.82) is 0 Å². The number of aryl methyl sites for hydroxylation is 1. The fourth-order valence-electron chi connectivity index (χ4n) is 1.19. The zero-order valence-electron chi connectivity index (χ0n) is 11.8. The van der Waals surface area contributed by atoms with Crippen molar-refractivity contribution in [3.05, 3.63) is 29.8 Å². The van der Waals surface area contributed by atoms with Crippen LogP contribution >= 0.6 is 0 Å². The molecule has 0 unspecified atom stereocenters. The molecule has 0 aromatic heterocycles. The molecule has 1 aromatic carbocycles. The second-order valence-electron chi connectivity index (χ2n) is 4.10. The van der Waals surface area contributed by atoms with E-state index in [9.17, 15) is 8.42 Å². The molecule has 0 fully saturated rings. The quantitative estimate of drug-likeness (QED) is 0.521. The lowest BCUT2D eigenvalue weighted by molar-refractivity contribution is 0.483. The fourth-order valence-corrected chi connectivity index (χ4v) is 1.67. The summed E-state index contributed by atoms with van der Waals surface area (Å²) in [7, 11) is -4.02. The van der Waals surface area contributed by atoms with Crippen LogP contribution in [0.1, 0.15) is 45.1 Å². The summed E-state index contributed by atoms with van der Waals surface area (Å²) in [6.45, 7) is 6.11. The summed E-state index contributed by atoms with van der Waals surface area (Å²) in [5, 5.41) is 0. The largest absolute Gasteiger partial charge is 0.294 e. The zero-order chi connectivity index (χ0) is 14.7. The highest BCUT2D eigenvalue weighted by atomic mass is 32.2. The van der Waals surface area contributed by atoms with Crippen LogP contribution in [0.15, 0.2) is 29.2 Å². The molecule has 0 bridgehead atoms. The minimum absolute atomic E-state index is 0.0666. The number of unbranched alkanes of at least 4 members (excludes halogenated alkanes) is 2. The minimum atomic E-state index is -4.02. The molecule has 0 spiro atoms. The molecule has 0 amide bonds. The Bertz CT molecular complexity index is 505. The summed E-state index contributed by atoms with van der Waals surface area (Å²) in [6, 6.07) is 5.99. The number of hydrogen-bond acceptors (Lipinski definition) is 2. The molecule has 106 valence electrons. The van der Waals surface area contributed by atoms with Gasteiger partial charge in [-0.1, -0.05) is 38.0 Å². The molecular formula is C15H22O3S. The van der Waals surface area contributed by atoms with Crippen LogP contribution in [0, 0.1) is 18.8 Å². The van der Waals surface area contributed by atoms with Gasteiger partial charge >= 0.3 is 0 Å². The van der Waals surface area contributed by atoms with Crippen molar-refractivity contribution < 1.29 is 13.0 Å². The average molecular weight is 282 g/mol. The number of benzene rings is 1.